The third kappa shape index (κ3) is 5.73. The molecule has 2 aromatic carbocycles. The van der Waals surface area contributed by atoms with E-state index in [1.54, 1.807) is 53.4 Å². The molecule has 3 amide bonds. The predicted octanol–water partition coefficient (Wildman–Crippen LogP) is 4.66. The zero-order valence-corrected chi connectivity index (χ0v) is 20.5. The minimum Gasteiger partial charge on any atom is -0.341 e. The first kappa shape index (κ1) is 24.6. The van der Waals surface area contributed by atoms with E-state index in [9.17, 15) is 14.4 Å². The van der Waals surface area contributed by atoms with E-state index < -0.39 is 6.04 Å². The topological polar surface area (TPSA) is 69.7 Å². The molecule has 2 aliphatic rings. The Morgan fingerprint density at radius 3 is 2.12 bits per heavy atom. The molecule has 2 fully saturated rings. The number of rotatable bonds is 5. The quantitative estimate of drug-likeness (QED) is 0.647. The number of carbonyl (C=O) groups excluding carboxylic acids is 3. The van der Waals surface area contributed by atoms with Crippen LogP contribution in [0, 0.1) is 5.92 Å². The molecule has 2 heterocycles. The van der Waals surface area contributed by atoms with Crippen molar-refractivity contribution in [2.75, 3.05) is 26.2 Å². The van der Waals surface area contributed by atoms with Crippen LogP contribution in [0.1, 0.15) is 52.8 Å². The standard InChI is InChI=1S/C26H29Cl2N3O3/c27-20-10-8-19(9-11-20)25(33)31-16-12-18(13-17-31)23(26(34)30-14-4-1-5-15-30)29-24(32)21-6-2-3-7-22(21)28/h2-3,6-11,18,23H,1,4-5,12-17H2,(H,29,32)/t23-/m1/s1. The summed E-state index contributed by atoms with van der Waals surface area (Å²) in [6.07, 6.45) is 4.33. The number of nitrogens with zero attached hydrogens (tertiary/aromatic N) is 2. The van der Waals surface area contributed by atoms with Gasteiger partial charge in [0.2, 0.25) is 5.91 Å². The largest absolute Gasteiger partial charge is 0.341 e. The van der Waals surface area contributed by atoms with Crippen molar-refractivity contribution < 1.29 is 14.4 Å². The van der Waals surface area contributed by atoms with Crippen molar-refractivity contribution in [1.82, 2.24) is 15.1 Å². The van der Waals surface area contributed by atoms with Crippen LogP contribution in [-0.4, -0.2) is 59.7 Å². The smallest absolute Gasteiger partial charge is 0.253 e. The van der Waals surface area contributed by atoms with Crippen molar-refractivity contribution in [2.45, 2.75) is 38.1 Å². The van der Waals surface area contributed by atoms with Crippen LogP contribution in [0.15, 0.2) is 48.5 Å². The molecule has 1 atom stereocenters. The maximum absolute atomic E-state index is 13.5. The summed E-state index contributed by atoms with van der Waals surface area (Å²) < 4.78 is 0. The van der Waals surface area contributed by atoms with Crippen molar-refractivity contribution in [3.8, 4) is 0 Å². The van der Waals surface area contributed by atoms with E-state index in [1.807, 2.05) is 4.90 Å². The van der Waals surface area contributed by atoms with Gasteiger partial charge in [-0.1, -0.05) is 35.3 Å². The summed E-state index contributed by atoms with van der Waals surface area (Å²) in [4.78, 5) is 43.1. The number of nitrogens with one attached hydrogen (secondary N) is 1. The number of hydrogen-bond donors (Lipinski definition) is 1. The highest BCUT2D eigenvalue weighted by molar-refractivity contribution is 6.33. The lowest BCUT2D eigenvalue weighted by Gasteiger charge is -2.38. The predicted molar refractivity (Wildman–Crippen MR) is 133 cm³/mol. The molecular weight excluding hydrogens is 473 g/mol. The van der Waals surface area contributed by atoms with Crippen LogP contribution in [0.5, 0.6) is 0 Å². The summed E-state index contributed by atoms with van der Waals surface area (Å²) in [5.74, 6) is -0.493. The van der Waals surface area contributed by atoms with Gasteiger partial charge in [-0.3, -0.25) is 14.4 Å². The molecule has 0 saturated carbocycles. The van der Waals surface area contributed by atoms with E-state index in [1.165, 1.54) is 0 Å². The lowest BCUT2D eigenvalue weighted by molar-refractivity contribution is -0.136. The maximum atomic E-state index is 13.5. The Balaban J connectivity index is 1.47. The third-order valence-corrected chi connectivity index (χ3v) is 7.31. The Bertz CT molecular complexity index is 1030. The fourth-order valence-electron chi connectivity index (χ4n) is 4.77. The van der Waals surface area contributed by atoms with Crippen LogP contribution < -0.4 is 5.32 Å². The van der Waals surface area contributed by atoms with Crippen molar-refractivity contribution >= 4 is 40.9 Å². The fourth-order valence-corrected chi connectivity index (χ4v) is 5.12. The first-order valence-corrected chi connectivity index (χ1v) is 12.6. The maximum Gasteiger partial charge on any atom is 0.253 e. The number of likely N-dealkylation sites (tertiary alicyclic amines) is 2. The number of benzene rings is 2. The van der Waals surface area contributed by atoms with E-state index in [2.05, 4.69) is 5.32 Å². The number of piperidine rings is 2. The number of carbonyl (C=O) groups is 3. The Hall–Kier alpha value is -2.57. The lowest BCUT2D eigenvalue weighted by atomic mass is 9.87. The van der Waals surface area contributed by atoms with Crippen molar-refractivity contribution in [1.29, 1.82) is 0 Å². The van der Waals surface area contributed by atoms with Gasteiger partial charge in [0.15, 0.2) is 0 Å². The SMILES string of the molecule is O=C(N[C@@H](C(=O)N1CCCCC1)C1CCN(C(=O)c2ccc(Cl)cc2)CC1)c1ccccc1Cl. The summed E-state index contributed by atoms with van der Waals surface area (Å²) in [5.41, 5.74) is 0.951. The van der Waals surface area contributed by atoms with Gasteiger partial charge < -0.3 is 15.1 Å². The van der Waals surface area contributed by atoms with Crippen LogP contribution in [0.3, 0.4) is 0 Å². The second-order valence-corrected chi connectivity index (χ2v) is 9.80. The van der Waals surface area contributed by atoms with Gasteiger partial charge in [-0.15, -0.1) is 0 Å². The highest BCUT2D eigenvalue weighted by Crippen LogP contribution is 2.26. The van der Waals surface area contributed by atoms with E-state index in [0.29, 0.717) is 60.2 Å². The van der Waals surface area contributed by atoms with Gasteiger partial charge in [-0.25, -0.2) is 0 Å². The Kier molecular flexibility index (Phi) is 8.11. The minimum atomic E-state index is -0.644. The molecule has 4 rings (SSSR count). The van der Waals surface area contributed by atoms with E-state index >= 15 is 0 Å². The average molecular weight is 502 g/mol. The van der Waals surface area contributed by atoms with Crippen molar-refractivity contribution in [2.24, 2.45) is 5.92 Å². The molecule has 34 heavy (non-hydrogen) atoms. The third-order valence-electron chi connectivity index (χ3n) is 6.73. The number of halogens is 2. The number of hydrogen-bond acceptors (Lipinski definition) is 3. The molecular formula is C26H29Cl2N3O3. The monoisotopic (exact) mass is 501 g/mol. The number of amides is 3. The Morgan fingerprint density at radius 2 is 1.47 bits per heavy atom. The fraction of sp³-hybridized carbons (Fsp3) is 0.423. The van der Waals surface area contributed by atoms with Crippen molar-refractivity contribution in [3.63, 3.8) is 0 Å². The van der Waals surface area contributed by atoms with Gasteiger partial charge in [-0.05, 0) is 74.4 Å². The lowest BCUT2D eigenvalue weighted by Crippen LogP contribution is -2.55. The summed E-state index contributed by atoms with van der Waals surface area (Å²) in [6.45, 7) is 2.48. The van der Waals surface area contributed by atoms with Gasteiger partial charge in [0, 0.05) is 36.8 Å². The normalized spacial score (nSPS) is 17.8. The summed E-state index contributed by atoms with van der Waals surface area (Å²) in [7, 11) is 0. The van der Waals surface area contributed by atoms with Gasteiger partial charge in [0.25, 0.3) is 11.8 Å². The molecule has 0 unspecified atom stereocenters. The molecule has 1 N–H and O–H groups in total. The van der Waals surface area contributed by atoms with Gasteiger partial charge >= 0.3 is 0 Å². The van der Waals surface area contributed by atoms with Gasteiger partial charge in [0.05, 0.1) is 10.6 Å². The molecule has 180 valence electrons. The molecule has 0 aromatic heterocycles. The van der Waals surface area contributed by atoms with Gasteiger partial charge in [0.1, 0.15) is 6.04 Å². The second kappa shape index (κ2) is 11.2. The van der Waals surface area contributed by atoms with Crippen LogP contribution in [-0.2, 0) is 4.79 Å². The summed E-state index contributed by atoms with van der Waals surface area (Å²) in [6, 6.07) is 13.1. The second-order valence-electron chi connectivity index (χ2n) is 8.95. The molecule has 0 bridgehead atoms. The average Bonchev–Trinajstić information content (AvgIpc) is 2.88. The first-order valence-electron chi connectivity index (χ1n) is 11.8. The Morgan fingerprint density at radius 1 is 0.824 bits per heavy atom. The van der Waals surface area contributed by atoms with Crippen LogP contribution in [0.2, 0.25) is 10.0 Å². The molecule has 0 aliphatic carbocycles. The zero-order chi connectivity index (χ0) is 24.1. The molecule has 0 spiro atoms. The molecule has 2 saturated heterocycles. The highest BCUT2D eigenvalue weighted by atomic mass is 35.5. The van der Waals surface area contributed by atoms with Crippen LogP contribution in [0.25, 0.3) is 0 Å². The molecule has 8 heteroatoms. The van der Waals surface area contributed by atoms with E-state index in [0.717, 1.165) is 19.3 Å². The summed E-state index contributed by atoms with van der Waals surface area (Å²) >= 11 is 12.2. The first-order chi connectivity index (χ1) is 16.4. The van der Waals surface area contributed by atoms with Crippen LogP contribution >= 0.6 is 23.2 Å². The van der Waals surface area contributed by atoms with Crippen molar-refractivity contribution in [3.05, 3.63) is 69.7 Å². The highest BCUT2D eigenvalue weighted by Gasteiger charge is 2.36. The Labute approximate surface area is 210 Å². The summed E-state index contributed by atoms with van der Waals surface area (Å²) in [5, 5.41) is 3.93. The molecule has 2 aromatic rings. The van der Waals surface area contributed by atoms with Crippen LogP contribution in [0.4, 0.5) is 0 Å². The molecule has 6 nitrogen and oxygen atoms in total. The minimum absolute atomic E-state index is 0.0393. The van der Waals surface area contributed by atoms with Gasteiger partial charge in [-0.2, -0.15) is 0 Å². The molecule has 0 radical (unpaired) electrons. The van der Waals surface area contributed by atoms with E-state index in [-0.39, 0.29) is 23.6 Å². The molecule has 2 aliphatic heterocycles. The van der Waals surface area contributed by atoms with E-state index in [4.69, 9.17) is 23.2 Å². The zero-order valence-electron chi connectivity index (χ0n) is 19.0.